The first-order valence-corrected chi connectivity index (χ1v) is 10.9. The van der Waals surface area contributed by atoms with Gasteiger partial charge in [-0.05, 0) is 31.2 Å². The molecule has 0 aliphatic carbocycles. The molecule has 5 N–H and O–H groups in total. The van der Waals surface area contributed by atoms with Crippen LogP contribution in [0.2, 0.25) is 0 Å². The Morgan fingerprint density at radius 1 is 1.12 bits per heavy atom. The van der Waals surface area contributed by atoms with E-state index in [9.17, 15) is 14.4 Å². The first-order chi connectivity index (χ1) is 15.2. The number of hydrogen-bond donors (Lipinski definition) is 4. The van der Waals surface area contributed by atoms with Crippen LogP contribution in [0.25, 0.3) is 10.6 Å². The molecule has 9 nitrogen and oxygen atoms in total. The fraction of sp³-hybridized carbons (Fsp3) is 0.143. The van der Waals surface area contributed by atoms with Gasteiger partial charge in [-0.15, -0.1) is 22.7 Å². The average Bonchev–Trinajstić information content (AvgIpc) is 3.40. The maximum Gasteiger partial charge on any atom is 0.328 e. The summed E-state index contributed by atoms with van der Waals surface area (Å²) in [5.41, 5.74) is 6.53. The Bertz CT molecular complexity index is 1060. The number of carboxylic acid groups (broad SMARTS) is 2. The minimum Gasteiger partial charge on any atom is -0.481 e. The number of nitrogens with one attached hydrogen (secondary N) is 1. The van der Waals surface area contributed by atoms with Gasteiger partial charge in [-0.2, -0.15) is 0 Å². The highest BCUT2D eigenvalue weighted by molar-refractivity contribution is 7.16. The van der Waals surface area contributed by atoms with Crippen LogP contribution in [0.15, 0.2) is 60.0 Å². The maximum absolute atomic E-state index is 12.1. The van der Waals surface area contributed by atoms with E-state index >= 15 is 0 Å². The standard InChI is InChI=1S/C17H17N3O2S2.C4H4O4/c1-11(22-12-5-3-2-4-6-12)16(21)19-9-13-7-8-15(24-13)14-10-23-17(18)20-14;5-3(6)1-2-4(7)8/h2-8,10-11H,9H2,1H3,(H2,18,20)(H,19,21);1-2H,(H,5,6)(H,7,8)/b;2-1-. The summed E-state index contributed by atoms with van der Waals surface area (Å²) in [7, 11) is 0. The van der Waals surface area contributed by atoms with E-state index in [4.69, 9.17) is 20.7 Å². The van der Waals surface area contributed by atoms with E-state index in [2.05, 4.69) is 10.3 Å². The van der Waals surface area contributed by atoms with Crippen LogP contribution < -0.4 is 15.8 Å². The van der Waals surface area contributed by atoms with Gasteiger partial charge in [0.2, 0.25) is 0 Å². The van der Waals surface area contributed by atoms with E-state index in [0.29, 0.717) is 29.6 Å². The van der Waals surface area contributed by atoms with Gasteiger partial charge in [0.15, 0.2) is 11.2 Å². The van der Waals surface area contributed by atoms with Crippen molar-refractivity contribution in [1.29, 1.82) is 0 Å². The van der Waals surface area contributed by atoms with Crippen molar-refractivity contribution in [3.63, 3.8) is 0 Å². The van der Waals surface area contributed by atoms with Crippen LogP contribution in [-0.2, 0) is 20.9 Å². The second kappa shape index (κ2) is 12.2. The molecule has 0 aliphatic heterocycles. The molecule has 0 saturated carbocycles. The lowest BCUT2D eigenvalue weighted by molar-refractivity contribution is -0.134. The fourth-order valence-corrected chi connectivity index (χ4v) is 3.77. The zero-order chi connectivity index (χ0) is 23.5. The van der Waals surface area contributed by atoms with Gasteiger partial charge < -0.3 is 26.0 Å². The van der Waals surface area contributed by atoms with E-state index in [-0.39, 0.29) is 5.91 Å². The molecule has 0 radical (unpaired) electrons. The Balaban J connectivity index is 0.000000390. The Hall–Kier alpha value is -3.70. The number of para-hydroxylation sites is 1. The second-order valence-electron chi connectivity index (χ2n) is 6.14. The van der Waals surface area contributed by atoms with Crippen molar-refractivity contribution in [3.8, 4) is 16.3 Å². The molecule has 2 aromatic heterocycles. The molecule has 1 aromatic carbocycles. The lowest BCUT2D eigenvalue weighted by Gasteiger charge is -2.14. The van der Waals surface area contributed by atoms with Crippen molar-refractivity contribution in [3.05, 3.63) is 64.9 Å². The fourth-order valence-electron chi connectivity index (χ4n) is 2.23. The summed E-state index contributed by atoms with van der Waals surface area (Å²) in [5, 5.41) is 21.0. The van der Waals surface area contributed by atoms with Gasteiger partial charge in [-0.3, -0.25) is 4.79 Å². The van der Waals surface area contributed by atoms with Crippen LogP contribution in [0.4, 0.5) is 5.13 Å². The molecule has 0 spiro atoms. The molecule has 1 amide bonds. The van der Waals surface area contributed by atoms with Crippen LogP contribution in [0, 0.1) is 0 Å². The Kier molecular flexibility index (Phi) is 9.39. The highest BCUT2D eigenvalue weighted by atomic mass is 32.1. The molecule has 2 heterocycles. The molecular formula is C21H21N3O6S2. The monoisotopic (exact) mass is 475 g/mol. The molecule has 11 heteroatoms. The summed E-state index contributed by atoms with van der Waals surface area (Å²) in [6, 6.07) is 13.3. The summed E-state index contributed by atoms with van der Waals surface area (Å²) in [4.78, 5) is 37.6. The number of nitrogens with zero attached hydrogens (tertiary/aromatic N) is 1. The zero-order valence-electron chi connectivity index (χ0n) is 16.9. The summed E-state index contributed by atoms with van der Waals surface area (Å²) in [6.07, 6.45) is 0.565. The smallest absolute Gasteiger partial charge is 0.328 e. The molecule has 0 fully saturated rings. The number of aliphatic carboxylic acids is 2. The van der Waals surface area contributed by atoms with E-state index in [1.807, 2.05) is 47.8 Å². The van der Waals surface area contributed by atoms with Gasteiger partial charge in [0.25, 0.3) is 5.91 Å². The number of nitrogens with two attached hydrogens (primary N) is 1. The molecular weight excluding hydrogens is 454 g/mol. The van der Waals surface area contributed by atoms with Crippen molar-refractivity contribution in [2.45, 2.75) is 19.6 Å². The van der Waals surface area contributed by atoms with Crippen molar-refractivity contribution < 1.29 is 29.3 Å². The van der Waals surface area contributed by atoms with Crippen LogP contribution in [0.1, 0.15) is 11.8 Å². The predicted octanol–water partition coefficient (Wildman–Crippen LogP) is 3.25. The average molecular weight is 476 g/mol. The summed E-state index contributed by atoms with van der Waals surface area (Å²) < 4.78 is 5.61. The number of ether oxygens (including phenoxy) is 1. The number of hydrogen-bond acceptors (Lipinski definition) is 8. The van der Waals surface area contributed by atoms with Crippen molar-refractivity contribution in [2.24, 2.45) is 0 Å². The number of benzene rings is 1. The Morgan fingerprint density at radius 3 is 2.34 bits per heavy atom. The molecule has 1 unspecified atom stereocenters. The molecule has 0 aliphatic rings. The third-order valence-electron chi connectivity index (χ3n) is 3.67. The van der Waals surface area contributed by atoms with Crippen LogP contribution in [-0.4, -0.2) is 39.1 Å². The number of anilines is 1. The minimum atomic E-state index is -1.26. The number of aromatic nitrogens is 1. The van der Waals surface area contributed by atoms with Gasteiger partial charge in [0.05, 0.1) is 17.1 Å². The number of thiazole rings is 1. The van der Waals surface area contributed by atoms with Gasteiger partial charge in [0, 0.05) is 22.4 Å². The van der Waals surface area contributed by atoms with E-state index < -0.39 is 18.0 Å². The predicted molar refractivity (Wildman–Crippen MR) is 123 cm³/mol. The lowest BCUT2D eigenvalue weighted by atomic mass is 10.3. The summed E-state index contributed by atoms with van der Waals surface area (Å²) >= 11 is 3.01. The molecule has 3 rings (SSSR count). The van der Waals surface area contributed by atoms with Crippen LogP contribution >= 0.6 is 22.7 Å². The Labute approximate surface area is 191 Å². The van der Waals surface area contributed by atoms with Crippen molar-refractivity contribution >= 4 is 45.7 Å². The third-order valence-corrected chi connectivity index (χ3v) is 5.45. The van der Waals surface area contributed by atoms with Crippen molar-refractivity contribution in [1.82, 2.24) is 10.3 Å². The number of rotatable bonds is 8. The largest absolute Gasteiger partial charge is 0.481 e. The molecule has 32 heavy (non-hydrogen) atoms. The maximum atomic E-state index is 12.1. The number of carbonyl (C=O) groups excluding carboxylic acids is 1. The van der Waals surface area contributed by atoms with E-state index in [1.165, 1.54) is 11.3 Å². The third kappa shape index (κ3) is 8.58. The molecule has 3 aromatic rings. The summed E-state index contributed by atoms with van der Waals surface area (Å²) in [6.45, 7) is 2.20. The first kappa shape index (κ1) is 24.6. The van der Waals surface area contributed by atoms with Crippen LogP contribution in [0.3, 0.4) is 0 Å². The molecule has 0 bridgehead atoms. The van der Waals surface area contributed by atoms with E-state index in [1.54, 1.807) is 18.3 Å². The topological polar surface area (TPSA) is 152 Å². The molecule has 0 saturated heterocycles. The van der Waals surface area contributed by atoms with Gasteiger partial charge in [-0.1, -0.05) is 18.2 Å². The van der Waals surface area contributed by atoms with Gasteiger partial charge in [-0.25, -0.2) is 14.6 Å². The normalized spacial score (nSPS) is 11.3. The highest BCUT2D eigenvalue weighted by Gasteiger charge is 2.15. The highest BCUT2D eigenvalue weighted by Crippen LogP contribution is 2.29. The van der Waals surface area contributed by atoms with Crippen LogP contribution in [0.5, 0.6) is 5.75 Å². The quantitative estimate of drug-likeness (QED) is 0.362. The van der Waals surface area contributed by atoms with Gasteiger partial charge in [0.1, 0.15) is 5.75 Å². The SMILES string of the molecule is CC(Oc1ccccc1)C(=O)NCc1ccc(-c2csc(N)n2)s1.O=C(O)/C=C\C(=O)O. The molecule has 168 valence electrons. The minimum absolute atomic E-state index is 0.147. The zero-order valence-corrected chi connectivity index (χ0v) is 18.6. The second-order valence-corrected chi connectivity index (χ2v) is 8.20. The molecule has 1 atom stereocenters. The number of carboxylic acids is 2. The van der Waals surface area contributed by atoms with E-state index in [0.717, 1.165) is 15.4 Å². The number of nitrogen functional groups attached to an aromatic ring is 1. The number of carbonyl (C=O) groups is 3. The lowest BCUT2D eigenvalue weighted by Crippen LogP contribution is -2.35. The number of thiophene rings is 1. The van der Waals surface area contributed by atoms with Crippen molar-refractivity contribution in [2.75, 3.05) is 5.73 Å². The van der Waals surface area contributed by atoms with Gasteiger partial charge >= 0.3 is 11.9 Å². The Morgan fingerprint density at radius 2 is 1.78 bits per heavy atom. The summed E-state index contributed by atoms with van der Waals surface area (Å²) in [5.74, 6) is -1.98. The first-order valence-electron chi connectivity index (χ1n) is 9.18. The number of amides is 1.